The maximum Gasteiger partial charge on any atom is 0.258 e. The van der Waals surface area contributed by atoms with Gasteiger partial charge >= 0.3 is 0 Å². The maximum absolute atomic E-state index is 12.5. The fraction of sp³-hybridized carbons (Fsp3) is 0.318. The molecule has 1 unspecified atom stereocenters. The predicted molar refractivity (Wildman–Crippen MR) is 107 cm³/mol. The minimum atomic E-state index is -0.260. The van der Waals surface area contributed by atoms with Gasteiger partial charge in [0.05, 0.1) is 11.7 Å². The van der Waals surface area contributed by atoms with Gasteiger partial charge in [0.2, 0.25) is 5.91 Å². The summed E-state index contributed by atoms with van der Waals surface area (Å²) in [6.07, 6.45) is 2.94. The first-order chi connectivity index (χ1) is 13.4. The van der Waals surface area contributed by atoms with Gasteiger partial charge in [-0.3, -0.25) is 14.4 Å². The number of amides is 2. The molecule has 0 aromatic heterocycles. The number of hydrogen-bond donors (Lipinski definition) is 2. The molecule has 0 spiro atoms. The average molecular weight is 380 g/mol. The zero-order valence-corrected chi connectivity index (χ0v) is 16.1. The number of carbonyl (C=O) groups is 3. The molecule has 6 nitrogen and oxygen atoms in total. The van der Waals surface area contributed by atoms with Crippen LogP contribution in [0.25, 0.3) is 0 Å². The second kappa shape index (κ2) is 8.69. The molecule has 3 rings (SSSR count). The molecule has 0 saturated carbocycles. The first-order valence-electron chi connectivity index (χ1n) is 9.36. The number of ether oxygens (including phenoxy) is 1. The number of Topliss-reactive ketones (excluding diaryl/α,β-unsaturated/α-hetero) is 1. The number of rotatable bonds is 6. The number of ketones is 1. The Labute approximate surface area is 164 Å². The fourth-order valence-corrected chi connectivity index (χ4v) is 3.44. The summed E-state index contributed by atoms with van der Waals surface area (Å²) in [7, 11) is 0. The summed E-state index contributed by atoms with van der Waals surface area (Å²) in [5.41, 5.74) is 3.29. The molecule has 146 valence electrons. The summed E-state index contributed by atoms with van der Waals surface area (Å²) in [5.74, 6) is -0.336. The molecular weight excluding hydrogens is 356 g/mol. The Kier molecular flexibility index (Phi) is 6.09. The number of aryl methyl sites for hydroxylation is 1. The van der Waals surface area contributed by atoms with Crippen molar-refractivity contribution in [1.29, 1.82) is 0 Å². The summed E-state index contributed by atoms with van der Waals surface area (Å²) in [5, 5.41) is 5.68. The van der Waals surface area contributed by atoms with Crippen LogP contribution in [0.4, 0.5) is 5.69 Å². The number of nitrogens with one attached hydrogen (secondary N) is 2. The average Bonchev–Trinajstić information content (AvgIpc) is 2.67. The van der Waals surface area contributed by atoms with E-state index in [1.54, 1.807) is 12.1 Å². The lowest BCUT2D eigenvalue weighted by Crippen LogP contribution is -2.34. The number of fused-ring (bicyclic) bond motifs is 1. The van der Waals surface area contributed by atoms with Gasteiger partial charge in [-0.05, 0) is 55.5 Å². The fourth-order valence-electron chi connectivity index (χ4n) is 3.44. The molecule has 0 radical (unpaired) electrons. The van der Waals surface area contributed by atoms with E-state index in [1.165, 1.54) is 25.5 Å². The van der Waals surface area contributed by atoms with Gasteiger partial charge in [-0.1, -0.05) is 24.3 Å². The lowest BCUT2D eigenvalue weighted by Gasteiger charge is -2.26. The molecule has 2 N–H and O–H groups in total. The third-order valence-electron chi connectivity index (χ3n) is 4.76. The van der Waals surface area contributed by atoms with E-state index in [2.05, 4.69) is 16.7 Å². The lowest BCUT2D eigenvalue weighted by molar-refractivity contribution is -0.124. The van der Waals surface area contributed by atoms with Crippen molar-refractivity contribution in [2.24, 2.45) is 0 Å². The normalized spacial score (nSPS) is 15.3. The van der Waals surface area contributed by atoms with Gasteiger partial charge < -0.3 is 15.4 Å². The summed E-state index contributed by atoms with van der Waals surface area (Å²) in [6, 6.07) is 12.9. The molecule has 0 saturated heterocycles. The topological polar surface area (TPSA) is 84.5 Å². The van der Waals surface area contributed by atoms with Gasteiger partial charge in [0.25, 0.3) is 5.91 Å². The first kappa shape index (κ1) is 19.6. The van der Waals surface area contributed by atoms with Crippen LogP contribution in [0.5, 0.6) is 5.75 Å². The largest absolute Gasteiger partial charge is 0.482 e. The van der Waals surface area contributed by atoms with Gasteiger partial charge in [-0.15, -0.1) is 0 Å². The van der Waals surface area contributed by atoms with Gasteiger partial charge in [-0.25, -0.2) is 0 Å². The second-order valence-corrected chi connectivity index (χ2v) is 6.95. The van der Waals surface area contributed by atoms with E-state index in [4.69, 9.17) is 4.74 Å². The maximum atomic E-state index is 12.5. The van der Waals surface area contributed by atoms with Gasteiger partial charge in [0, 0.05) is 12.5 Å². The van der Waals surface area contributed by atoms with E-state index >= 15 is 0 Å². The molecular formula is C22H24N2O4. The van der Waals surface area contributed by atoms with Crippen LogP contribution >= 0.6 is 0 Å². The molecule has 6 heteroatoms. The van der Waals surface area contributed by atoms with E-state index in [9.17, 15) is 14.4 Å². The van der Waals surface area contributed by atoms with Crippen LogP contribution in [0.1, 0.15) is 54.2 Å². The predicted octanol–water partition coefficient (Wildman–Crippen LogP) is 3.42. The highest BCUT2D eigenvalue weighted by atomic mass is 16.5. The second-order valence-electron chi connectivity index (χ2n) is 6.95. The molecule has 0 aliphatic heterocycles. The number of anilines is 1. The van der Waals surface area contributed by atoms with E-state index in [-0.39, 0.29) is 30.2 Å². The van der Waals surface area contributed by atoms with E-state index in [1.807, 2.05) is 18.2 Å². The zero-order chi connectivity index (χ0) is 20.1. The summed E-state index contributed by atoms with van der Waals surface area (Å²) in [4.78, 5) is 35.5. The van der Waals surface area contributed by atoms with Crippen molar-refractivity contribution >= 4 is 23.3 Å². The standard InChI is InChI=1S/C22H24N2O4/c1-14(25)17-10-11-20(23-15(2)26)21(12-17)28-13-22(27)24-19-9-5-7-16-6-3-4-8-18(16)19/h3-4,6,8,10-12,19H,5,7,9,13H2,1-2H3,(H,23,26)(H,24,27). The van der Waals surface area contributed by atoms with Crippen molar-refractivity contribution in [2.75, 3.05) is 11.9 Å². The Hall–Kier alpha value is -3.15. The molecule has 2 amide bonds. The Morgan fingerprint density at radius 1 is 1.11 bits per heavy atom. The van der Waals surface area contributed by atoms with Crippen molar-refractivity contribution < 1.29 is 19.1 Å². The van der Waals surface area contributed by atoms with Crippen LogP contribution in [-0.4, -0.2) is 24.2 Å². The van der Waals surface area contributed by atoms with E-state index < -0.39 is 0 Å². The van der Waals surface area contributed by atoms with Crippen molar-refractivity contribution in [3.8, 4) is 5.75 Å². The quantitative estimate of drug-likeness (QED) is 0.752. The Balaban J connectivity index is 1.68. The van der Waals surface area contributed by atoms with Crippen LogP contribution in [0.2, 0.25) is 0 Å². The summed E-state index contributed by atoms with van der Waals surface area (Å²) < 4.78 is 5.64. The van der Waals surface area contributed by atoms with Gasteiger partial charge in [0.15, 0.2) is 12.4 Å². The number of benzene rings is 2. The lowest BCUT2D eigenvalue weighted by atomic mass is 9.88. The zero-order valence-electron chi connectivity index (χ0n) is 16.1. The minimum Gasteiger partial charge on any atom is -0.482 e. The van der Waals surface area contributed by atoms with E-state index in [0.29, 0.717) is 17.0 Å². The Morgan fingerprint density at radius 2 is 1.89 bits per heavy atom. The molecule has 2 aromatic carbocycles. The van der Waals surface area contributed by atoms with Crippen LogP contribution in [0.15, 0.2) is 42.5 Å². The van der Waals surface area contributed by atoms with Crippen LogP contribution in [-0.2, 0) is 16.0 Å². The summed E-state index contributed by atoms with van der Waals surface area (Å²) >= 11 is 0. The van der Waals surface area contributed by atoms with Gasteiger partial charge in [0.1, 0.15) is 5.75 Å². The first-order valence-corrected chi connectivity index (χ1v) is 9.36. The molecule has 0 fully saturated rings. The van der Waals surface area contributed by atoms with Gasteiger partial charge in [-0.2, -0.15) is 0 Å². The van der Waals surface area contributed by atoms with Crippen LogP contribution in [0.3, 0.4) is 0 Å². The SMILES string of the molecule is CC(=O)Nc1ccc(C(C)=O)cc1OCC(=O)NC1CCCc2ccccc21. The summed E-state index contributed by atoms with van der Waals surface area (Å²) in [6.45, 7) is 2.63. The molecule has 1 aliphatic carbocycles. The van der Waals surface area contributed by atoms with Crippen molar-refractivity contribution in [3.63, 3.8) is 0 Å². The number of hydrogen-bond acceptors (Lipinski definition) is 4. The third kappa shape index (κ3) is 4.76. The monoisotopic (exact) mass is 380 g/mol. The molecule has 1 atom stereocenters. The highest BCUT2D eigenvalue weighted by Crippen LogP contribution is 2.30. The molecule has 1 aliphatic rings. The highest BCUT2D eigenvalue weighted by molar-refractivity contribution is 5.96. The Bertz CT molecular complexity index is 907. The van der Waals surface area contributed by atoms with Crippen LogP contribution < -0.4 is 15.4 Å². The highest BCUT2D eigenvalue weighted by Gasteiger charge is 2.21. The molecule has 2 aromatic rings. The van der Waals surface area contributed by atoms with Crippen molar-refractivity contribution in [1.82, 2.24) is 5.32 Å². The number of carbonyl (C=O) groups excluding carboxylic acids is 3. The smallest absolute Gasteiger partial charge is 0.258 e. The molecule has 0 bridgehead atoms. The Morgan fingerprint density at radius 3 is 2.64 bits per heavy atom. The van der Waals surface area contributed by atoms with Crippen molar-refractivity contribution in [2.45, 2.75) is 39.2 Å². The third-order valence-corrected chi connectivity index (χ3v) is 4.76. The van der Waals surface area contributed by atoms with Crippen molar-refractivity contribution in [3.05, 3.63) is 59.2 Å². The molecule has 28 heavy (non-hydrogen) atoms. The van der Waals surface area contributed by atoms with E-state index in [0.717, 1.165) is 24.8 Å². The minimum absolute atomic E-state index is 0.0283. The molecule has 0 heterocycles. The van der Waals surface area contributed by atoms with Crippen LogP contribution in [0, 0.1) is 0 Å².